The third-order valence-electron chi connectivity index (χ3n) is 7.21. The average Bonchev–Trinajstić information content (AvgIpc) is 3.02. The quantitative estimate of drug-likeness (QED) is 0.750. The molecule has 1 amide bonds. The fourth-order valence-electron chi connectivity index (χ4n) is 4.87. The smallest absolute Gasteiger partial charge is 0.312 e. The minimum absolute atomic E-state index is 0.00574. The maximum absolute atomic E-state index is 12.6. The number of nitriles is 1. The van der Waals surface area contributed by atoms with Crippen LogP contribution in [0.4, 0.5) is 0 Å². The maximum atomic E-state index is 12.6. The highest BCUT2D eigenvalue weighted by atomic mass is 16.5. The summed E-state index contributed by atoms with van der Waals surface area (Å²) in [6.45, 7) is 7.64. The molecule has 0 aromatic heterocycles. The number of esters is 1. The van der Waals surface area contributed by atoms with Crippen LogP contribution in [0.5, 0.6) is 0 Å². The molecule has 3 aliphatic rings. The Labute approximate surface area is 138 Å². The second-order valence-electron chi connectivity index (χ2n) is 8.22. The van der Waals surface area contributed by atoms with E-state index >= 15 is 0 Å². The van der Waals surface area contributed by atoms with Crippen molar-refractivity contribution in [3.8, 4) is 6.07 Å². The van der Waals surface area contributed by atoms with E-state index in [0.717, 1.165) is 25.7 Å². The molecule has 5 nitrogen and oxygen atoms in total. The number of cyclic esters (lactones) is 1. The molecule has 2 aliphatic heterocycles. The van der Waals surface area contributed by atoms with Gasteiger partial charge in [0.1, 0.15) is 6.04 Å². The largest absolute Gasteiger partial charge is 0.465 e. The van der Waals surface area contributed by atoms with Crippen LogP contribution in [0.15, 0.2) is 0 Å². The van der Waals surface area contributed by atoms with Gasteiger partial charge in [0.25, 0.3) is 0 Å². The van der Waals surface area contributed by atoms with Crippen LogP contribution in [0.3, 0.4) is 0 Å². The number of hydrogen-bond donors (Lipinski definition) is 0. The van der Waals surface area contributed by atoms with Gasteiger partial charge in [0, 0.05) is 18.4 Å². The first kappa shape index (κ1) is 16.3. The summed E-state index contributed by atoms with van der Waals surface area (Å²) in [4.78, 5) is 26.8. The summed E-state index contributed by atoms with van der Waals surface area (Å²) in [5.74, 6) is -0.130. The van der Waals surface area contributed by atoms with Crippen molar-refractivity contribution in [3.63, 3.8) is 0 Å². The second kappa shape index (κ2) is 5.22. The number of carbonyl (C=O) groups is 2. The van der Waals surface area contributed by atoms with Gasteiger partial charge in [-0.3, -0.25) is 9.59 Å². The van der Waals surface area contributed by atoms with Crippen molar-refractivity contribution in [2.24, 2.45) is 16.2 Å². The first-order chi connectivity index (χ1) is 10.8. The van der Waals surface area contributed by atoms with Gasteiger partial charge in [-0.25, -0.2) is 0 Å². The predicted molar refractivity (Wildman–Crippen MR) is 84.1 cm³/mol. The Balaban J connectivity index is 1.75. The summed E-state index contributed by atoms with van der Waals surface area (Å²) in [6, 6.07) is 1.92. The lowest BCUT2D eigenvalue weighted by molar-refractivity contribution is -0.187. The second-order valence-corrected chi connectivity index (χ2v) is 8.22. The van der Waals surface area contributed by atoms with Crippen LogP contribution in [0.2, 0.25) is 0 Å². The standard InChI is InChI=1S/C18H26N2O3/c1-16(2)17(3)8-9-18(16,15(22)23-12-17)7-6-14(21)20-10-4-5-13(20)11-19/h13H,4-10,12H2,1-3H3/t13-,17-,18+/m0/s1. The zero-order valence-electron chi connectivity index (χ0n) is 14.4. The lowest BCUT2D eigenvalue weighted by atomic mass is 9.56. The molecule has 3 fully saturated rings. The van der Waals surface area contributed by atoms with Crippen LogP contribution in [-0.2, 0) is 14.3 Å². The summed E-state index contributed by atoms with van der Waals surface area (Å²) in [6.07, 6.45) is 4.27. The van der Waals surface area contributed by atoms with E-state index in [1.807, 2.05) is 0 Å². The molecule has 1 saturated carbocycles. The normalized spacial score (nSPS) is 38.3. The minimum Gasteiger partial charge on any atom is -0.465 e. The Kier molecular flexibility index (Phi) is 3.70. The SMILES string of the molecule is CC1(C)[C@@]2(C)CC[C@]1(CCC(=O)N1CCC[C@H]1C#N)C(=O)OC2. The van der Waals surface area contributed by atoms with Gasteiger partial charge in [0.15, 0.2) is 0 Å². The van der Waals surface area contributed by atoms with Crippen molar-refractivity contribution < 1.29 is 14.3 Å². The molecule has 0 radical (unpaired) electrons. The summed E-state index contributed by atoms with van der Waals surface area (Å²) in [5, 5.41) is 9.15. The van der Waals surface area contributed by atoms with Crippen molar-refractivity contribution in [1.29, 1.82) is 5.26 Å². The molecule has 23 heavy (non-hydrogen) atoms. The number of carbonyl (C=O) groups excluding carboxylic acids is 2. The average molecular weight is 318 g/mol. The van der Waals surface area contributed by atoms with Gasteiger partial charge >= 0.3 is 5.97 Å². The van der Waals surface area contributed by atoms with Gasteiger partial charge in [-0.15, -0.1) is 0 Å². The molecule has 3 rings (SSSR count). The van der Waals surface area contributed by atoms with Crippen molar-refractivity contribution >= 4 is 11.9 Å². The molecule has 3 atom stereocenters. The summed E-state index contributed by atoms with van der Waals surface area (Å²) >= 11 is 0. The van der Waals surface area contributed by atoms with Gasteiger partial charge in [0.2, 0.25) is 5.91 Å². The van der Waals surface area contributed by atoms with Crippen LogP contribution >= 0.6 is 0 Å². The Morgan fingerprint density at radius 1 is 1.39 bits per heavy atom. The number of rotatable bonds is 3. The van der Waals surface area contributed by atoms with Crippen molar-refractivity contribution in [2.75, 3.05) is 13.2 Å². The molecule has 0 aromatic rings. The summed E-state index contributed by atoms with van der Waals surface area (Å²) in [7, 11) is 0. The number of fused-ring (bicyclic) bond motifs is 2. The van der Waals surface area contributed by atoms with Gasteiger partial charge in [-0.05, 0) is 37.5 Å². The molecule has 1 aliphatic carbocycles. The van der Waals surface area contributed by atoms with Crippen LogP contribution in [0.25, 0.3) is 0 Å². The molecular formula is C18H26N2O3. The third kappa shape index (κ3) is 2.10. The van der Waals surface area contributed by atoms with E-state index in [0.29, 0.717) is 26.0 Å². The molecular weight excluding hydrogens is 292 g/mol. The lowest BCUT2D eigenvalue weighted by Crippen LogP contribution is -2.54. The summed E-state index contributed by atoms with van der Waals surface area (Å²) < 4.78 is 5.49. The topological polar surface area (TPSA) is 70.4 Å². The third-order valence-corrected chi connectivity index (χ3v) is 7.21. The molecule has 5 heteroatoms. The van der Waals surface area contributed by atoms with E-state index in [1.54, 1.807) is 4.90 Å². The van der Waals surface area contributed by atoms with Crippen LogP contribution in [-0.4, -0.2) is 36.0 Å². The fraction of sp³-hybridized carbons (Fsp3) is 0.833. The molecule has 126 valence electrons. The highest BCUT2D eigenvalue weighted by Gasteiger charge is 2.67. The predicted octanol–water partition coefficient (Wildman–Crippen LogP) is 2.65. The van der Waals surface area contributed by atoms with E-state index in [4.69, 9.17) is 10.00 Å². The maximum Gasteiger partial charge on any atom is 0.312 e. The van der Waals surface area contributed by atoms with E-state index < -0.39 is 5.41 Å². The van der Waals surface area contributed by atoms with Gasteiger partial charge in [-0.2, -0.15) is 5.26 Å². The number of hydrogen-bond acceptors (Lipinski definition) is 4. The van der Waals surface area contributed by atoms with E-state index in [-0.39, 0.29) is 28.7 Å². The molecule has 2 bridgehead atoms. The van der Waals surface area contributed by atoms with E-state index in [1.165, 1.54) is 0 Å². The zero-order chi connectivity index (χ0) is 16.9. The fourth-order valence-corrected chi connectivity index (χ4v) is 4.87. The Morgan fingerprint density at radius 2 is 2.13 bits per heavy atom. The van der Waals surface area contributed by atoms with Gasteiger partial charge in [0.05, 0.1) is 18.1 Å². The zero-order valence-corrected chi connectivity index (χ0v) is 14.4. The highest BCUT2D eigenvalue weighted by Crippen LogP contribution is 2.67. The van der Waals surface area contributed by atoms with Crippen LogP contribution in [0, 0.1) is 27.6 Å². The first-order valence-corrected chi connectivity index (χ1v) is 8.64. The Hall–Kier alpha value is -1.57. The lowest BCUT2D eigenvalue weighted by Gasteiger charge is -2.51. The Bertz CT molecular complexity index is 579. The van der Waals surface area contributed by atoms with Crippen molar-refractivity contribution in [3.05, 3.63) is 0 Å². The number of likely N-dealkylation sites (tertiary alicyclic amines) is 1. The molecule has 0 aromatic carbocycles. The van der Waals surface area contributed by atoms with Crippen molar-refractivity contribution in [1.82, 2.24) is 4.90 Å². The van der Waals surface area contributed by atoms with E-state index in [9.17, 15) is 9.59 Å². The molecule has 0 unspecified atom stereocenters. The van der Waals surface area contributed by atoms with Gasteiger partial charge in [-0.1, -0.05) is 20.8 Å². The van der Waals surface area contributed by atoms with Crippen molar-refractivity contribution in [2.45, 2.75) is 65.3 Å². The number of amides is 1. The molecule has 2 saturated heterocycles. The monoisotopic (exact) mass is 318 g/mol. The molecule has 0 N–H and O–H groups in total. The number of nitrogens with zero attached hydrogens (tertiary/aromatic N) is 2. The van der Waals surface area contributed by atoms with E-state index in [2.05, 4.69) is 26.8 Å². The molecule has 0 spiro atoms. The first-order valence-electron chi connectivity index (χ1n) is 8.64. The van der Waals surface area contributed by atoms with Crippen LogP contribution < -0.4 is 0 Å². The Morgan fingerprint density at radius 3 is 2.83 bits per heavy atom. The van der Waals surface area contributed by atoms with Gasteiger partial charge < -0.3 is 9.64 Å². The van der Waals surface area contributed by atoms with Crippen LogP contribution in [0.1, 0.15) is 59.3 Å². The summed E-state index contributed by atoms with van der Waals surface area (Å²) in [5.41, 5.74) is -0.737. The highest BCUT2D eigenvalue weighted by molar-refractivity contribution is 5.82. The molecule has 2 heterocycles. The number of ether oxygens (including phenoxy) is 1. The minimum atomic E-state index is -0.558.